The molecule has 13 aromatic rings. The third-order valence-corrected chi connectivity index (χ3v) is 22.6. The summed E-state index contributed by atoms with van der Waals surface area (Å²) in [7, 11) is 0. The first kappa shape index (κ1) is 69.2. The van der Waals surface area contributed by atoms with E-state index in [-0.39, 0.29) is 54.3 Å². The van der Waals surface area contributed by atoms with Crippen molar-refractivity contribution in [2.45, 2.75) is 168 Å². The Bertz CT molecular complexity index is 5470. The van der Waals surface area contributed by atoms with Crippen LogP contribution in [0.2, 0.25) is 0 Å². The van der Waals surface area contributed by atoms with Gasteiger partial charge in [-0.05, 0) is 211 Å². The summed E-state index contributed by atoms with van der Waals surface area (Å²) < 4.78 is 107. The van der Waals surface area contributed by atoms with Gasteiger partial charge in [-0.25, -0.2) is 0 Å². The highest BCUT2D eigenvalue weighted by Crippen LogP contribution is 2.54. The highest BCUT2D eigenvalue weighted by Gasteiger charge is 2.47. The third kappa shape index (κ3) is 11.7. The fourth-order valence-electron chi connectivity index (χ4n) is 16.5. The molecule has 13 heteroatoms. The van der Waals surface area contributed by atoms with Crippen molar-refractivity contribution in [2.75, 3.05) is 14.7 Å². The molecule has 3 aliphatic rings. The highest BCUT2D eigenvalue weighted by atomic mass is 19.4. The van der Waals surface area contributed by atoms with Crippen molar-refractivity contribution >= 4 is 118 Å². The van der Waals surface area contributed by atoms with Gasteiger partial charge in [-0.3, -0.25) is 0 Å². The van der Waals surface area contributed by atoms with E-state index in [0.717, 1.165) is 110 Å². The molecular weight excluding hydrogens is 1320 g/mol. The second-order valence-corrected chi connectivity index (χ2v) is 34.8. The summed E-state index contributed by atoms with van der Waals surface area (Å²) in [6.07, 6.45) is -7.65. The number of halogens is 6. The van der Waals surface area contributed by atoms with E-state index >= 15 is 26.3 Å². The van der Waals surface area contributed by atoms with Crippen LogP contribution in [0.25, 0.3) is 49.4 Å². The van der Waals surface area contributed by atoms with Crippen LogP contribution in [0, 0.1) is 0 Å². The summed E-state index contributed by atoms with van der Waals surface area (Å²) in [6, 6.07) is 69.7. The molecule has 2 aliphatic heterocycles. The Morgan fingerprint density at radius 1 is 0.390 bits per heavy atom. The van der Waals surface area contributed by atoms with Crippen LogP contribution in [0.1, 0.15) is 168 Å². The fraction of sp³-hybridized carbons (Fsp3) is 0.283. The molecule has 532 valence electrons. The Kier molecular flexibility index (Phi) is 15.6. The molecule has 0 radical (unpaired) electrons. The lowest BCUT2D eigenvalue weighted by Gasteiger charge is -2.44. The van der Waals surface area contributed by atoms with E-state index in [9.17, 15) is 0 Å². The van der Waals surface area contributed by atoms with Gasteiger partial charge in [-0.2, -0.15) is 26.3 Å². The summed E-state index contributed by atoms with van der Waals surface area (Å²) in [5, 5.41) is 1.81. The molecule has 4 heterocycles. The van der Waals surface area contributed by atoms with E-state index in [1.807, 2.05) is 24.3 Å². The predicted molar refractivity (Wildman–Crippen MR) is 423 cm³/mol. The standard InChI is InChI=1S/C92H87BF6N4O2/c1-85(2,3)54-21-31-60(32-22-54)100(61-33-23-55(24-34-61)86(4,5)6)65-40-42-72-75(50-65)102(64-39-41-70-71(49-64)90(15,16)46-45-89(70,13)14)77-51-66(103-73-43-29-58(91(94,95)96)47-68(73)69-48-59(92(97,98)99)30-44-74(69)103)52-79-82(77)93(72)83-80(104-79)53-76(81-67-19-17-18-20-78(67)105-84(81)83)101(62-35-25-56(26-36-62)87(7,8)9)63-37-27-57(28-38-63)88(10,11)12/h17-44,47-53H,45-46H2,1-16H3. The Labute approximate surface area is 612 Å². The minimum atomic E-state index is -4.80. The van der Waals surface area contributed by atoms with Gasteiger partial charge in [0, 0.05) is 79.3 Å². The molecule has 0 saturated heterocycles. The normalized spacial score (nSPS) is 15.1. The number of ether oxygens (including phenoxy) is 1. The van der Waals surface area contributed by atoms with Crippen molar-refractivity contribution in [2.24, 2.45) is 0 Å². The van der Waals surface area contributed by atoms with Gasteiger partial charge < -0.3 is 28.4 Å². The molecule has 0 spiro atoms. The first-order valence-corrected chi connectivity index (χ1v) is 36.5. The highest BCUT2D eigenvalue weighted by molar-refractivity contribution is 7.00. The van der Waals surface area contributed by atoms with Crippen molar-refractivity contribution < 1.29 is 35.5 Å². The minimum Gasteiger partial charge on any atom is -0.458 e. The zero-order valence-corrected chi connectivity index (χ0v) is 62.6. The molecule has 0 amide bonds. The van der Waals surface area contributed by atoms with Crippen molar-refractivity contribution in [1.82, 2.24) is 4.57 Å². The Hall–Kier alpha value is -10.1. The van der Waals surface area contributed by atoms with Gasteiger partial charge in [-0.1, -0.05) is 190 Å². The molecule has 0 fully saturated rings. The number of anilines is 9. The number of aromatic nitrogens is 1. The van der Waals surface area contributed by atoms with Crippen LogP contribution in [-0.2, 0) is 44.8 Å². The maximum atomic E-state index is 15.0. The van der Waals surface area contributed by atoms with Crippen molar-refractivity contribution in [1.29, 1.82) is 0 Å². The summed E-state index contributed by atoms with van der Waals surface area (Å²) in [5.74, 6) is 0.955. The summed E-state index contributed by atoms with van der Waals surface area (Å²) in [6.45, 7) is 35.2. The summed E-state index contributed by atoms with van der Waals surface area (Å²) in [5.41, 5.74) is 17.0. The number of hydrogen-bond acceptors (Lipinski definition) is 5. The average molecular weight is 1410 g/mol. The Morgan fingerprint density at radius 2 is 0.838 bits per heavy atom. The lowest BCUT2D eigenvalue weighted by Crippen LogP contribution is -2.59. The van der Waals surface area contributed by atoms with Crippen LogP contribution in [0.3, 0.4) is 0 Å². The zero-order valence-electron chi connectivity index (χ0n) is 62.6. The quantitative estimate of drug-likeness (QED) is 0.112. The smallest absolute Gasteiger partial charge is 0.416 e. The number of hydrogen-bond donors (Lipinski definition) is 0. The van der Waals surface area contributed by atoms with Gasteiger partial charge >= 0.3 is 12.4 Å². The second-order valence-electron chi connectivity index (χ2n) is 34.8. The van der Waals surface area contributed by atoms with E-state index in [0.29, 0.717) is 34.0 Å². The molecule has 0 unspecified atom stereocenters. The molecular formula is C92H87BF6N4O2. The van der Waals surface area contributed by atoms with Crippen LogP contribution < -0.4 is 35.8 Å². The number of rotatable bonds is 8. The van der Waals surface area contributed by atoms with Crippen molar-refractivity contribution in [3.05, 3.63) is 257 Å². The predicted octanol–water partition coefficient (Wildman–Crippen LogP) is 25.6. The number of fused-ring (bicyclic) bond motifs is 12. The minimum absolute atomic E-state index is 0.0158. The number of para-hydroxylation sites is 1. The van der Waals surface area contributed by atoms with E-state index < -0.39 is 30.2 Å². The number of furan rings is 1. The van der Waals surface area contributed by atoms with Gasteiger partial charge in [0.05, 0.1) is 38.9 Å². The Morgan fingerprint density at radius 3 is 1.32 bits per heavy atom. The molecule has 6 nitrogen and oxygen atoms in total. The van der Waals surface area contributed by atoms with Crippen LogP contribution in [0.15, 0.2) is 217 Å². The number of benzene rings is 11. The molecule has 0 N–H and O–H groups in total. The van der Waals surface area contributed by atoms with Gasteiger partial charge in [0.2, 0.25) is 0 Å². The van der Waals surface area contributed by atoms with Crippen LogP contribution in [0.5, 0.6) is 11.5 Å². The molecule has 0 atom stereocenters. The lowest BCUT2D eigenvalue weighted by atomic mass is 9.34. The van der Waals surface area contributed by atoms with E-state index in [2.05, 4.69) is 277 Å². The number of nitrogens with zero attached hydrogens (tertiary/aromatic N) is 4. The average Bonchev–Trinajstić information content (AvgIpc) is 1.67. The maximum absolute atomic E-state index is 15.0. The van der Waals surface area contributed by atoms with Crippen LogP contribution >= 0.6 is 0 Å². The van der Waals surface area contributed by atoms with Gasteiger partial charge in [0.1, 0.15) is 22.7 Å². The lowest BCUT2D eigenvalue weighted by molar-refractivity contribution is -0.138. The molecule has 0 saturated carbocycles. The molecule has 1 aliphatic carbocycles. The van der Waals surface area contributed by atoms with Crippen LogP contribution in [0.4, 0.5) is 77.5 Å². The third-order valence-electron chi connectivity index (χ3n) is 22.6. The zero-order chi connectivity index (χ0) is 74.4. The molecule has 105 heavy (non-hydrogen) atoms. The summed E-state index contributed by atoms with van der Waals surface area (Å²) >= 11 is 0. The van der Waals surface area contributed by atoms with E-state index in [4.69, 9.17) is 9.15 Å². The maximum Gasteiger partial charge on any atom is 0.416 e. The monoisotopic (exact) mass is 1400 g/mol. The van der Waals surface area contributed by atoms with Gasteiger partial charge in [-0.15, -0.1) is 0 Å². The molecule has 16 rings (SSSR count). The number of alkyl halides is 6. The Balaban J connectivity index is 1.04. The first-order valence-electron chi connectivity index (χ1n) is 36.5. The van der Waals surface area contributed by atoms with Gasteiger partial charge in [0.25, 0.3) is 6.71 Å². The fourth-order valence-corrected chi connectivity index (χ4v) is 16.5. The largest absolute Gasteiger partial charge is 0.458 e. The second kappa shape index (κ2) is 23.7. The summed E-state index contributed by atoms with van der Waals surface area (Å²) in [4.78, 5) is 6.92. The first-order chi connectivity index (χ1) is 49.3. The van der Waals surface area contributed by atoms with Crippen molar-refractivity contribution in [3.63, 3.8) is 0 Å². The topological polar surface area (TPSA) is 37.0 Å². The molecule has 2 aromatic heterocycles. The van der Waals surface area contributed by atoms with Crippen LogP contribution in [-0.4, -0.2) is 11.3 Å². The van der Waals surface area contributed by atoms with Crippen molar-refractivity contribution in [3.8, 4) is 17.2 Å². The van der Waals surface area contributed by atoms with Gasteiger partial charge in [0.15, 0.2) is 0 Å². The van der Waals surface area contributed by atoms with E-state index in [1.165, 1.54) is 45.5 Å². The van der Waals surface area contributed by atoms with E-state index in [1.54, 1.807) is 4.57 Å². The molecule has 0 bridgehead atoms. The SMILES string of the molecule is CC(C)(C)c1ccc(N(c2ccc(C(C)(C)C)cc2)c2ccc3c(c2)N(c2ccc4c(c2)C(C)(C)CCC4(C)C)c2cc(-n4c5ccc(C(F)(F)F)cc5c5cc(C(F)(F)F)ccc54)cc4c2B3c2c(cc(N(c3ccc(C(C)(C)C)cc3)c3ccc(C(C)(C)C)cc3)c3c2oc2ccccc23)O4)cc1. The molecule has 11 aromatic carbocycles.